The molecule has 0 N–H and O–H groups in total. The summed E-state index contributed by atoms with van der Waals surface area (Å²) in [4.78, 5) is 12.6. The van der Waals surface area contributed by atoms with Gasteiger partial charge >= 0.3 is 0 Å². The van der Waals surface area contributed by atoms with E-state index in [1.807, 2.05) is 0 Å². The Morgan fingerprint density at radius 2 is 1.36 bits per heavy atom. The summed E-state index contributed by atoms with van der Waals surface area (Å²) >= 11 is 0. The zero-order valence-electron chi connectivity index (χ0n) is 15.1. The maximum atomic E-state index is 12.6. The van der Waals surface area contributed by atoms with E-state index in [9.17, 15) is 4.79 Å². The van der Waals surface area contributed by atoms with Gasteiger partial charge in [-0.05, 0) is 84.9 Å². The first-order valence-corrected chi connectivity index (χ1v) is 10.9. The van der Waals surface area contributed by atoms with E-state index < -0.39 is 0 Å². The number of carbonyl (C=O) groups excluding carboxylic acids is 1. The largest absolute Gasteiger partial charge is 0.349 e. The minimum absolute atomic E-state index is 0.0492. The Morgan fingerprint density at radius 3 is 2.04 bits per heavy atom. The Kier molecular flexibility index (Phi) is 1.99. The van der Waals surface area contributed by atoms with Crippen molar-refractivity contribution in [2.24, 2.45) is 70.0 Å². The summed E-state index contributed by atoms with van der Waals surface area (Å²) in [6, 6.07) is 0. The Hall–Kier alpha value is -0.410. The van der Waals surface area contributed by atoms with Gasteiger partial charge in [-0.2, -0.15) is 0 Å². The van der Waals surface area contributed by atoms with Crippen molar-refractivity contribution in [2.75, 3.05) is 0 Å². The predicted molar refractivity (Wildman–Crippen MR) is 89.2 cm³/mol. The molecule has 8 fully saturated rings. The summed E-state index contributed by atoms with van der Waals surface area (Å²) < 4.78 is 13.6. The van der Waals surface area contributed by atoms with Gasteiger partial charge < -0.3 is 14.3 Å². The molecule has 0 aromatic heterocycles. The maximum absolute atomic E-state index is 12.6. The van der Waals surface area contributed by atoms with Crippen molar-refractivity contribution in [3.63, 3.8) is 0 Å². The molecule has 6 aliphatic carbocycles. The van der Waals surface area contributed by atoms with Gasteiger partial charge in [-0.15, -0.1) is 0 Å². The number of carbonyl (C=O) groups is 1. The first kappa shape index (κ1) is 13.7. The Morgan fingerprint density at radius 1 is 0.760 bits per heavy atom. The van der Waals surface area contributed by atoms with E-state index in [1.54, 1.807) is 0 Å². The molecule has 134 valence electrons. The van der Waals surface area contributed by atoms with Crippen LogP contribution in [0.15, 0.2) is 0 Å². The fourth-order valence-corrected chi connectivity index (χ4v) is 11.6. The van der Waals surface area contributed by atoms with Crippen LogP contribution in [0.2, 0.25) is 0 Å². The SMILES string of the molecule is C[C@@]1(C=O)[C@H]2[C@@H]3[C@H]4[C@H]1[C@@H]1CC[C@@H]5O[C@@H]6O[C@H]7CC[C@@H]([C@@H]27)[C@H]3[C@@]6(C)[C@@H]4[C@@H]15. The lowest BCUT2D eigenvalue weighted by atomic mass is 9.62. The normalized spacial score (nSPS) is 77.9. The molecule has 0 aromatic rings. The van der Waals surface area contributed by atoms with E-state index in [0.717, 1.165) is 41.4 Å². The molecular formula is C22H28O3. The van der Waals surface area contributed by atoms with Crippen LogP contribution in [0.5, 0.6) is 0 Å². The molecule has 15 atom stereocenters. The summed E-state index contributed by atoms with van der Waals surface area (Å²) in [5.74, 6) is 7.30. The van der Waals surface area contributed by atoms with Gasteiger partial charge in [0.25, 0.3) is 0 Å². The number of hydrogen-bond donors (Lipinski definition) is 0. The van der Waals surface area contributed by atoms with E-state index >= 15 is 0 Å². The molecular weight excluding hydrogens is 312 g/mol. The topological polar surface area (TPSA) is 35.5 Å². The number of aldehydes is 1. The highest BCUT2D eigenvalue weighted by Crippen LogP contribution is 2.87. The smallest absolute Gasteiger partial charge is 0.164 e. The summed E-state index contributed by atoms with van der Waals surface area (Å²) in [6.07, 6.45) is 7.30. The number of ether oxygens (including phenoxy) is 2. The minimum Gasteiger partial charge on any atom is -0.349 e. The molecule has 8 rings (SSSR count). The first-order chi connectivity index (χ1) is 12.1. The van der Waals surface area contributed by atoms with Gasteiger partial charge in [0.15, 0.2) is 6.29 Å². The van der Waals surface area contributed by atoms with Crippen molar-refractivity contribution in [1.82, 2.24) is 0 Å². The minimum atomic E-state index is -0.0932. The molecule has 2 aliphatic heterocycles. The molecule has 3 nitrogen and oxygen atoms in total. The standard InChI is InChI=1S/C22H28O3/c1-21(7-23)16-8-3-5-11-13(8)19-14(16)15-17-9-4-6-10(12(9)18(15)21)24-20(25-11)22(17,19)2/h7-20H,3-6H2,1-2H3/t8-,9+,10+,11+,12-,13+,14+,15-,16-,17-,18-,19-,20+,21+,22+/m1/s1. The van der Waals surface area contributed by atoms with Crippen LogP contribution < -0.4 is 0 Å². The van der Waals surface area contributed by atoms with Crippen molar-refractivity contribution < 1.29 is 14.3 Å². The first-order valence-electron chi connectivity index (χ1n) is 10.9. The van der Waals surface area contributed by atoms with Gasteiger partial charge in [-0.25, -0.2) is 0 Å². The van der Waals surface area contributed by atoms with Crippen LogP contribution in [0.1, 0.15) is 39.5 Å². The molecule has 0 spiro atoms. The van der Waals surface area contributed by atoms with Gasteiger partial charge in [0.05, 0.1) is 12.2 Å². The Labute approximate surface area is 149 Å². The summed E-state index contributed by atoms with van der Waals surface area (Å²) in [5, 5.41) is 0. The number of rotatable bonds is 1. The Balaban J connectivity index is 1.48. The molecule has 6 saturated carbocycles. The Bertz CT molecular complexity index is 720. The highest BCUT2D eigenvalue weighted by molar-refractivity contribution is 5.63. The molecule has 8 aliphatic rings. The van der Waals surface area contributed by atoms with Crippen molar-refractivity contribution in [2.45, 2.75) is 58.0 Å². The number of fused-ring (bicyclic) bond motifs is 1. The lowest BCUT2D eigenvalue weighted by molar-refractivity contribution is -0.302. The third-order valence-corrected chi connectivity index (χ3v) is 11.5. The molecule has 2 saturated heterocycles. The van der Waals surface area contributed by atoms with Crippen molar-refractivity contribution in [3.8, 4) is 0 Å². The second-order valence-electron chi connectivity index (χ2n) is 11.4. The summed E-state index contributed by atoms with van der Waals surface area (Å²) in [5.41, 5.74) is 0.134. The van der Waals surface area contributed by atoms with Crippen LogP contribution in [0, 0.1) is 70.0 Å². The van der Waals surface area contributed by atoms with E-state index in [2.05, 4.69) is 13.8 Å². The molecule has 0 unspecified atom stereocenters. The van der Waals surface area contributed by atoms with E-state index in [-0.39, 0.29) is 17.1 Å². The van der Waals surface area contributed by atoms with Crippen molar-refractivity contribution >= 4 is 6.29 Å². The van der Waals surface area contributed by atoms with E-state index in [0.29, 0.717) is 30.0 Å². The summed E-state index contributed by atoms with van der Waals surface area (Å²) in [7, 11) is 0. The van der Waals surface area contributed by atoms with Crippen LogP contribution in [0.25, 0.3) is 0 Å². The molecule has 25 heavy (non-hydrogen) atoms. The van der Waals surface area contributed by atoms with Crippen LogP contribution in [-0.2, 0) is 14.3 Å². The number of hydrogen-bond acceptors (Lipinski definition) is 3. The fraction of sp³-hybridized carbons (Fsp3) is 0.955. The molecule has 4 bridgehead atoms. The van der Waals surface area contributed by atoms with Crippen LogP contribution in [0.4, 0.5) is 0 Å². The monoisotopic (exact) mass is 340 g/mol. The van der Waals surface area contributed by atoms with E-state index in [4.69, 9.17) is 9.47 Å². The third kappa shape index (κ3) is 1.04. The lowest BCUT2D eigenvalue weighted by Gasteiger charge is -2.52. The average molecular weight is 340 g/mol. The van der Waals surface area contributed by atoms with Crippen LogP contribution in [0.3, 0.4) is 0 Å². The zero-order chi connectivity index (χ0) is 16.5. The lowest BCUT2D eigenvalue weighted by Crippen LogP contribution is -2.55. The highest BCUT2D eigenvalue weighted by Gasteiger charge is 2.86. The highest BCUT2D eigenvalue weighted by atomic mass is 16.7. The van der Waals surface area contributed by atoms with Crippen molar-refractivity contribution in [1.29, 1.82) is 0 Å². The van der Waals surface area contributed by atoms with Gasteiger partial charge in [0.1, 0.15) is 6.29 Å². The molecule has 3 heteroatoms. The summed E-state index contributed by atoms with van der Waals surface area (Å²) in [6.45, 7) is 4.92. The average Bonchev–Trinajstić information content (AvgIpc) is 3.32. The predicted octanol–water partition coefficient (Wildman–Crippen LogP) is 3.13. The van der Waals surface area contributed by atoms with E-state index in [1.165, 1.54) is 32.0 Å². The molecule has 0 amide bonds. The second kappa shape index (κ2) is 3.63. The maximum Gasteiger partial charge on any atom is 0.164 e. The molecule has 0 radical (unpaired) electrons. The molecule has 2 heterocycles. The van der Waals surface area contributed by atoms with Gasteiger partial charge in [-0.1, -0.05) is 13.8 Å². The quantitative estimate of drug-likeness (QED) is 0.688. The third-order valence-electron chi connectivity index (χ3n) is 11.5. The zero-order valence-corrected chi connectivity index (χ0v) is 15.1. The van der Waals surface area contributed by atoms with Gasteiger partial charge in [0.2, 0.25) is 0 Å². The van der Waals surface area contributed by atoms with Crippen molar-refractivity contribution in [3.05, 3.63) is 0 Å². The van der Waals surface area contributed by atoms with Gasteiger partial charge in [-0.3, -0.25) is 0 Å². The van der Waals surface area contributed by atoms with Gasteiger partial charge in [0, 0.05) is 10.8 Å². The second-order valence-corrected chi connectivity index (χ2v) is 11.4. The van der Waals surface area contributed by atoms with Crippen LogP contribution in [-0.4, -0.2) is 24.8 Å². The van der Waals surface area contributed by atoms with Crippen LogP contribution >= 0.6 is 0 Å². The molecule has 0 aromatic carbocycles. The fourth-order valence-electron chi connectivity index (χ4n) is 11.6.